The number of hydrogen-bond donors (Lipinski definition) is 2. The van der Waals surface area contributed by atoms with Gasteiger partial charge in [-0.15, -0.1) is 10.2 Å². The van der Waals surface area contributed by atoms with Gasteiger partial charge in [0, 0.05) is 30.0 Å². The van der Waals surface area contributed by atoms with Crippen LogP contribution in [0, 0.1) is 0 Å². The van der Waals surface area contributed by atoms with Gasteiger partial charge in [0.25, 0.3) is 0 Å². The third-order valence-electron chi connectivity index (χ3n) is 4.67. The summed E-state index contributed by atoms with van der Waals surface area (Å²) in [5.74, 6) is 1.03. The molecule has 2 amide bonds. The van der Waals surface area contributed by atoms with E-state index in [0.29, 0.717) is 17.6 Å². The van der Waals surface area contributed by atoms with E-state index >= 15 is 0 Å². The van der Waals surface area contributed by atoms with E-state index in [9.17, 15) is 9.59 Å². The quantitative estimate of drug-likeness (QED) is 0.571. The molecule has 8 heteroatoms. The van der Waals surface area contributed by atoms with Crippen LogP contribution in [-0.4, -0.2) is 32.3 Å². The molecule has 1 saturated carbocycles. The molecule has 3 N–H and O–H groups in total. The first-order chi connectivity index (χ1) is 13.6. The molecule has 0 bridgehead atoms. The topological polar surface area (TPSA) is 103 Å². The number of aromatic nitrogens is 3. The van der Waals surface area contributed by atoms with Crippen molar-refractivity contribution in [3.05, 3.63) is 48.3 Å². The summed E-state index contributed by atoms with van der Waals surface area (Å²) in [7, 11) is 0. The molecule has 7 nitrogen and oxygen atoms in total. The lowest BCUT2D eigenvalue weighted by atomic mass is 10.1. The number of nitrogens with two attached hydrogens (primary N) is 1. The molecular formula is C20H21N5O2S. The Bertz CT molecular complexity index is 1020. The molecule has 0 aliphatic heterocycles. The maximum absolute atomic E-state index is 12.5. The van der Waals surface area contributed by atoms with E-state index in [1.165, 1.54) is 11.8 Å². The summed E-state index contributed by atoms with van der Waals surface area (Å²) in [6, 6.07) is 13.8. The number of amides is 2. The number of fused-ring (bicyclic) bond motifs is 1. The monoisotopic (exact) mass is 395 g/mol. The lowest BCUT2D eigenvalue weighted by Crippen LogP contribution is -2.17. The minimum atomic E-state index is -0.361. The Morgan fingerprint density at radius 3 is 2.71 bits per heavy atom. The van der Waals surface area contributed by atoms with Crippen molar-refractivity contribution in [2.45, 2.75) is 36.9 Å². The lowest BCUT2D eigenvalue weighted by molar-refractivity contribution is -0.118. The average Bonchev–Trinajstić information content (AvgIpc) is 3.45. The van der Waals surface area contributed by atoms with Crippen LogP contribution in [0.2, 0.25) is 0 Å². The molecule has 1 heterocycles. The van der Waals surface area contributed by atoms with E-state index in [1.807, 2.05) is 47.0 Å². The van der Waals surface area contributed by atoms with Crippen LogP contribution in [0.3, 0.4) is 0 Å². The predicted octanol–water partition coefficient (Wildman–Crippen LogP) is 2.91. The van der Waals surface area contributed by atoms with Crippen molar-refractivity contribution >= 4 is 40.0 Å². The lowest BCUT2D eigenvalue weighted by Gasteiger charge is -2.10. The zero-order chi connectivity index (χ0) is 19.5. The third-order valence-corrected chi connectivity index (χ3v) is 5.63. The Balaban J connectivity index is 1.44. The second-order valence-corrected chi connectivity index (χ2v) is 7.79. The van der Waals surface area contributed by atoms with Gasteiger partial charge in [0.1, 0.15) is 5.82 Å². The number of primary amides is 1. The zero-order valence-corrected chi connectivity index (χ0v) is 16.1. The highest BCUT2D eigenvalue weighted by atomic mass is 32.2. The van der Waals surface area contributed by atoms with Crippen LogP contribution in [0.4, 0.5) is 5.69 Å². The molecule has 0 atom stereocenters. The highest BCUT2D eigenvalue weighted by Crippen LogP contribution is 2.40. The third kappa shape index (κ3) is 4.17. The summed E-state index contributed by atoms with van der Waals surface area (Å²) < 4.78 is 1.93. The molecular weight excluding hydrogens is 374 g/mol. The van der Waals surface area contributed by atoms with Gasteiger partial charge in [0.2, 0.25) is 11.8 Å². The van der Waals surface area contributed by atoms with E-state index < -0.39 is 0 Å². The standard InChI is InChI=1S/C20H21N5O2S/c21-17(26)10-11-25-19(14-8-9-14)23-24-20(25)28-12-18(27)22-16-7-3-5-13-4-1-2-6-15(13)16/h1-7,14H,8-12H2,(H2,21,26)(H,22,27). The van der Waals surface area contributed by atoms with Gasteiger partial charge < -0.3 is 15.6 Å². The fourth-order valence-corrected chi connectivity index (χ4v) is 3.90. The number of benzene rings is 2. The number of nitrogens with zero attached hydrogens (tertiary/aromatic N) is 3. The maximum atomic E-state index is 12.5. The Morgan fingerprint density at radius 1 is 1.14 bits per heavy atom. The number of carbonyl (C=O) groups is 2. The summed E-state index contributed by atoms with van der Waals surface area (Å²) in [5.41, 5.74) is 6.08. The van der Waals surface area contributed by atoms with Crippen molar-refractivity contribution in [2.24, 2.45) is 5.73 Å². The normalized spacial score (nSPS) is 13.6. The second-order valence-electron chi connectivity index (χ2n) is 6.85. The first-order valence-corrected chi connectivity index (χ1v) is 10.2. The molecule has 1 aromatic heterocycles. The van der Waals surface area contributed by atoms with Gasteiger partial charge in [0.15, 0.2) is 5.16 Å². The molecule has 1 aliphatic rings. The SMILES string of the molecule is NC(=O)CCn1c(SCC(=O)Nc2cccc3ccccc23)nnc1C1CC1. The van der Waals surface area contributed by atoms with Crippen molar-refractivity contribution in [2.75, 3.05) is 11.1 Å². The number of thioether (sulfide) groups is 1. The minimum absolute atomic E-state index is 0.112. The van der Waals surface area contributed by atoms with Crippen molar-refractivity contribution in [1.29, 1.82) is 0 Å². The second kappa shape index (κ2) is 8.02. The van der Waals surface area contributed by atoms with Crippen LogP contribution >= 0.6 is 11.8 Å². The molecule has 1 aliphatic carbocycles. The molecule has 0 spiro atoms. The van der Waals surface area contributed by atoms with E-state index in [2.05, 4.69) is 15.5 Å². The van der Waals surface area contributed by atoms with Gasteiger partial charge in [-0.3, -0.25) is 9.59 Å². The minimum Gasteiger partial charge on any atom is -0.370 e. The largest absolute Gasteiger partial charge is 0.370 e. The summed E-state index contributed by atoms with van der Waals surface area (Å²) in [4.78, 5) is 23.7. The Hall–Kier alpha value is -2.87. The van der Waals surface area contributed by atoms with Crippen molar-refractivity contribution in [3.8, 4) is 0 Å². The van der Waals surface area contributed by atoms with Crippen LogP contribution in [0.1, 0.15) is 31.0 Å². The number of anilines is 1. The molecule has 1 fully saturated rings. The van der Waals surface area contributed by atoms with Crippen molar-refractivity contribution in [3.63, 3.8) is 0 Å². The van der Waals surface area contributed by atoms with E-state index in [-0.39, 0.29) is 24.0 Å². The van der Waals surface area contributed by atoms with Gasteiger partial charge in [-0.05, 0) is 24.3 Å². The predicted molar refractivity (Wildman–Crippen MR) is 109 cm³/mol. The fraction of sp³-hybridized carbons (Fsp3) is 0.300. The Morgan fingerprint density at radius 2 is 1.93 bits per heavy atom. The highest BCUT2D eigenvalue weighted by Gasteiger charge is 2.30. The number of hydrogen-bond acceptors (Lipinski definition) is 5. The molecule has 0 unspecified atom stereocenters. The number of nitrogens with one attached hydrogen (secondary N) is 1. The molecule has 3 aromatic rings. The Labute approximate surface area is 166 Å². The van der Waals surface area contributed by atoms with Crippen LogP contribution in [0.25, 0.3) is 10.8 Å². The highest BCUT2D eigenvalue weighted by molar-refractivity contribution is 7.99. The molecule has 2 aromatic carbocycles. The van der Waals surface area contributed by atoms with Gasteiger partial charge >= 0.3 is 0 Å². The average molecular weight is 395 g/mol. The Kier molecular flexibility index (Phi) is 5.29. The van der Waals surface area contributed by atoms with E-state index in [1.54, 1.807) is 0 Å². The van der Waals surface area contributed by atoms with Crippen molar-refractivity contribution in [1.82, 2.24) is 14.8 Å². The zero-order valence-electron chi connectivity index (χ0n) is 15.3. The fourth-order valence-electron chi connectivity index (χ4n) is 3.13. The van der Waals surface area contributed by atoms with Crippen molar-refractivity contribution < 1.29 is 9.59 Å². The maximum Gasteiger partial charge on any atom is 0.234 e. The molecule has 0 saturated heterocycles. The molecule has 0 radical (unpaired) electrons. The first-order valence-electron chi connectivity index (χ1n) is 9.23. The van der Waals surface area contributed by atoms with E-state index in [4.69, 9.17) is 5.73 Å². The van der Waals surface area contributed by atoms with Crippen LogP contribution in [-0.2, 0) is 16.1 Å². The van der Waals surface area contributed by atoms with Crippen LogP contribution < -0.4 is 11.1 Å². The molecule has 28 heavy (non-hydrogen) atoms. The summed E-state index contributed by atoms with van der Waals surface area (Å²) in [6.45, 7) is 0.446. The van der Waals surface area contributed by atoms with Gasteiger partial charge in [0.05, 0.1) is 5.75 Å². The smallest absolute Gasteiger partial charge is 0.234 e. The molecule has 144 valence electrons. The van der Waals surface area contributed by atoms with Gasteiger partial charge in [-0.25, -0.2) is 0 Å². The first kappa shape index (κ1) is 18.5. The summed E-state index contributed by atoms with van der Waals surface area (Å²) >= 11 is 1.32. The van der Waals surface area contributed by atoms with E-state index in [0.717, 1.165) is 35.1 Å². The molecule has 4 rings (SSSR count). The van der Waals surface area contributed by atoms with Crippen LogP contribution in [0.15, 0.2) is 47.6 Å². The summed E-state index contributed by atoms with van der Waals surface area (Å²) in [6.07, 6.45) is 2.40. The van der Waals surface area contributed by atoms with Gasteiger partial charge in [-0.2, -0.15) is 0 Å². The van der Waals surface area contributed by atoms with Crippen LogP contribution in [0.5, 0.6) is 0 Å². The number of carbonyl (C=O) groups excluding carboxylic acids is 2. The number of rotatable bonds is 8. The van der Waals surface area contributed by atoms with Gasteiger partial charge in [-0.1, -0.05) is 48.2 Å². The summed E-state index contributed by atoms with van der Waals surface area (Å²) in [5, 5.41) is 14.2.